The van der Waals surface area contributed by atoms with E-state index in [1.807, 2.05) is 31.3 Å². The Bertz CT molecular complexity index is 627. The highest BCUT2D eigenvalue weighted by atomic mass is 19.1. The molecular formula is C17H15F2NO. The monoisotopic (exact) mass is 287 g/mol. The minimum absolute atomic E-state index is 0.164. The second kappa shape index (κ2) is 8.49. The van der Waals surface area contributed by atoms with Crippen molar-refractivity contribution in [2.24, 2.45) is 0 Å². The van der Waals surface area contributed by atoms with Crippen LogP contribution < -0.4 is 5.32 Å². The summed E-state index contributed by atoms with van der Waals surface area (Å²) < 4.78 is 25.3. The van der Waals surface area contributed by atoms with Crippen LogP contribution in [0, 0.1) is 24.0 Å². The topological polar surface area (TPSA) is 29.1 Å². The number of hydrogen-bond donors (Lipinski definition) is 1. The molecule has 0 radical (unpaired) electrons. The molecule has 0 aliphatic rings. The van der Waals surface area contributed by atoms with Crippen molar-refractivity contribution >= 4 is 12.0 Å². The fourth-order valence-corrected chi connectivity index (χ4v) is 1.58. The Morgan fingerprint density at radius 3 is 2.33 bits per heavy atom. The first-order valence-electron chi connectivity index (χ1n) is 6.23. The van der Waals surface area contributed by atoms with Gasteiger partial charge >= 0.3 is 0 Å². The minimum Gasteiger partial charge on any atom is -0.388 e. The highest BCUT2D eigenvalue weighted by molar-refractivity contribution is 5.55. The summed E-state index contributed by atoms with van der Waals surface area (Å²) in [4.78, 5) is 9.95. The molecule has 2 rings (SSSR count). The van der Waals surface area contributed by atoms with Gasteiger partial charge in [-0.3, -0.25) is 0 Å². The summed E-state index contributed by atoms with van der Waals surface area (Å²) in [6, 6.07) is 11.3. The number of aldehydes is 1. The number of halogens is 2. The molecule has 0 aliphatic heterocycles. The van der Waals surface area contributed by atoms with Gasteiger partial charge in [0.2, 0.25) is 0 Å². The van der Waals surface area contributed by atoms with Crippen LogP contribution in [0.3, 0.4) is 0 Å². The van der Waals surface area contributed by atoms with E-state index >= 15 is 0 Å². The summed E-state index contributed by atoms with van der Waals surface area (Å²) >= 11 is 0. The molecule has 0 saturated carbocycles. The smallest absolute Gasteiger partial charge is 0.129 e. The van der Waals surface area contributed by atoms with Crippen LogP contribution in [0.4, 0.5) is 14.5 Å². The van der Waals surface area contributed by atoms with Crippen LogP contribution in [0.15, 0.2) is 42.5 Å². The Kier molecular flexibility index (Phi) is 6.62. The van der Waals surface area contributed by atoms with Gasteiger partial charge < -0.3 is 10.1 Å². The zero-order chi connectivity index (χ0) is 15.7. The molecule has 1 N–H and O–H groups in total. The van der Waals surface area contributed by atoms with Gasteiger partial charge in [0.05, 0.1) is 0 Å². The predicted octanol–water partition coefficient (Wildman–Crippen LogP) is 3.42. The van der Waals surface area contributed by atoms with Crippen molar-refractivity contribution in [3.63, 3.8) is 0 Å². The van der Waals surface area contributed by atoms with Crippen LogP contribution in [-0.4, -0.2) is 13.3 Å². The number of rotatable bonds is 3. The van der Waals surface area contributed by atoms with E-state index in [9.17, 15) is 13.6 Å². The van der Waals surface area contributed by atoms with E-state index in [4.69, 9.17) is 6.42 Å². The fourth-order valence-electron chi connectivity index (χ4n) is 1.58. The van der Waals surface area contributed by atoms with Crippen molar-refractivity contribution in [1.29, 1.82) is 0 Å². The molecule has 0 bridgehead atoms. The maximum atomic E-state index is 12.6. The van der Waals surface area contributed by atoms with Crippen molar-refractivity contribution < 1.29 is 13.6 Å². The Balaban J connectivity index is 0.000000211. The van der Waals surface area contributed by atoms with Crippen molar-refractivity contribution in [1.82, 2.24) is 0 Å². The molecule has 2 aromatic carbocycles. The van der Waals surface area contributed by atoms with Crippen LogP contribution >= 0.6 is 0 Å². The third-order valence-corrected chi connectivity index (χ3v) is 2.67. The van der Waals surface area contributed by atoms with E-state index in [0.717, 1.165) is 23.4 Å². The Morgan fingerprint density at radius 2 is 1.81 bits per heavy atom. The van der Waals surface area contributed by atoms with Crippen LogP contribution in [0.1, 0.15) is 11.1 Å². The number of nitrogens with one attached hydrogen (secondary N) is 1. The van der Waals surface area contributed by atoms with Crippen molar-refractivity contribution in [3.8, 4) is 12.3 Å². The van der Waals surface area contributed by atoms with Crippen molar-refractivity contribution in [2.45, 2.75) is 6.42 Å². The van der Waals surface area contributed by atoms with E-state index in [-0.39, 0.29) is 12.0 Å². The van der Waals surface area contributed by atoms with Crippen LogP contribution in [0.2, 0.25) is 0 Å². The maximum absolute atomic E-state index is 12.6. The zero-order valence-electron chi connectivity index (χ0n) is 11.6. The molecule has 4 heteroatoms. The molecule has 0 unspecified atom stereocenters. The van der Waals surface area contributed by atoms with E-state index < -0.39 is 11.6 Å². The maximum Gasteiger partial charge on any atom is 0.129 e. The first kappa shape index (κ1) is 16.4. The molecule has 21 heavy (non-hydrogen) atoms. The highest BCUT2D eigenvalue weighted by Crippen LogP contribution is 2.11. The highest BCUT2D eigenvalue weighted by Gasteiger charge is 2.05. The van der Waals surface area contributed by atoms with Crippen LogP contribution in [0.5, 0.6) is 0 Å². The van der Waals surface area contributed by atoms with Gasteiger partial charge in [0.25, 0.3) is 0 Å². The number of terminal acetylenes is 1. The molecule has 0 aliphatic carbocycles. The Hall–Kier alpha value is -2.67. The van der Waals surface area contributed by atoms with Crippen LogP contribution in [0.25, 0.3) is 0 Å². The molecule has 0 heterocycles. The molecule has 0 amide bonds. The van der Waals surface area contributed by atoms with Gasteiger partial charge in [-0.25, -0.2) is 8.78 Å². The van der Waals surface area contributed by atoms with E-state index in [1.165, 1.54) is 6.07 Å². The Morgan fingerprint density at radius 1 is 1.19 bits per heavy atom. The second-order valence-electron chi connectivity index (χ2n) is 4.05. The Labute approximate surface area is 122 Å². The lowest BCUT2D eigenvalue weighted by Gasteiger charge is -1.98. The van der Waals surface area contributed by atoms with E-state index in [1.54, 1.807) is 0 Å². The van der Waals surface area contributed by atoms with Gasteiger partial charge in [-0.15, -0.1) is 6.42 Å². The van der Waals surface area contributed by atoms with Gasteiger partial charge in [0.15, 0.2) is 0 Å². The van der Waals surface area contributed by atoms with Gasteiger partial charge in [0.1, 0.15) is 17.9 Å². The quantitative estimate of drug-likeness (QED) is 0.692. The molecule has 2 nitrogen and oxygen atoms in total. The van der Waals surface area contributed by atoms with Crippen molar-refractivity contribution in [3.05, 3.63) is 65.2 Å². The second-order valence-corrected chi connectivity index (χ2v) is 4.05. The van der Waals surface area contributed by atoms with Gasteiger partial charge in [-0.1, -0.05) is 18.1 Å². The molecular weight excluding hydrogens is 272 g/mol. The van der Waals surface area contributed by atoms with Gasteiger partial charge in [-0.05, 0) is 30.3 Å². The third-order valence-electron chi connectivity index (χ3n) is 2.67. The average Bonchev–Trinajstić information content (AvgIpc) is 2.52. The van der Waals surface area contributed by atoms with Crippen molar-refractivity contribution in [2.75, 3.05) is 12.4 Å². The summed E-state index contributed by atoms with van der Waals surface area (Å²) in [5.74, 6) is 1.22. The largest absolute Gasteiger partial charge is 0.388 e. The molecule has 108 valence electrons. The lowest BCUT2D eigenvalue weighted by molar-refractivity contribution is -0.107. The number of carbonyl (C=O) groups is 1. The average molecular weight is 287 g/mol. The normalized spacial score (nSPS) is 9.05. The summed E-state index contributed by atoms with van der Waals surface area (Å²) in [5, 5.41) is 3.01. The number of hydrogen-bond acceptors (Lipinski definition) is 2. The molecule has 0 atom stereocenters. The first-order chi connectivity index (χ1) is 10.1. The number of benzene rings is 2. The number of carbonyl (C=O) groups excluding carboxylic acids is 1. The van der Waals surface area contributed by atoms with E-state index in [2.05, 4.69) is 11.2 Å². The summed E-state index contributed by atoms with van der Waals surface area (Å²) in [5.41, 5.74) is 1.80. The van der Waals surface area contributed by atoms with E-state index in [0.29, 0.717) is 6.29 Å². The standard InChI is InChI=1S/C9H9N.C8H6F2O/c1-3-8-5-4-6-9(7-8)10-2;9-7-2-1-3-8(10)6(7)4-5-11/h1,4-7,10H,2H3;1-3,5H,4H2. The van der Waals surface area contributed by atoms with Crippen LogP contribution in [-0.2, 0) is 11.2 Å². The minimum atomic E-state index is -0.669. The number of anilines is 1. The fraction of sp³-hybridized carbons (Fsp3) is 0.118. The lowest BCUT2D eigenvalue weighted by Crippen LogP contribution is -1.95. The molecule has 0 aromatic heterocycles. The SMILES string of the molecule is C#Cc1cccc(NC)c1.O=CCc1c(F)cccc1F. The predicted molar refractivity (Wildman–Crippen MR) is 80.0 cm³/mol. The summed E-state index contributed by atoms with van der Waals surface area (Å²) in [6.07, 6.45) is 5.46. The zero-order valence-corrected chi connectivity index (χ0v) is 11.6. The molecule has 0 saturated heterocycles. The first-order valence-corrected chi connectivity index (χ1v) is 6.23. The van der Waals surface area contributed by atoms with Gasteiger partial charge in [0, 0.05) is 30.3 Å². The third kappa shape index (κ3) is 5.07. The summed E-state index contributed by atoms with van der Waals surface area (Å²) in [7, 11) is 1.87. The molecule has 2 aromatic rings. The summed E-state index contributed by atoms with van der Waals surface area (Å²) in [6.45, 7) is 0. The van der Waals surface area contributed by atoms with Gasteiger partial charge in [-0.2, -0.15) is 0 Å². The molecule has 0 fully saturated rings. The molecule has 0 spiro atoms. The lowest BCUT2D eigenvalue weighted by atomic mass is 10.1.